The SMILES string of the molecule is CCCCCCCCCCCCCCCCCCCNC(=O)CCC[C@@H](COC(C)=O)OC(C)=O. The number of hydrogen-bond donors (Lipinski definition) is 1. The molecule has 1 N–H and O–H groups in total. The highest BCUT2D eigenvalue weighted by Gasteiger charge is 2.14. The lowest BCUT2D eigenvalue weighted by Gasteiger charge is -2.16. The first-order valence-electron chi connectivity index (χ1n) is 14.5. The van der Waals surface area contributed by atoms with Crippen molar-refractivity contribution in [3.8, 4) is 0 Å². The van der Waals surface area contributed by atoms with Gasteiger partial charge in [-0.1, -0.05) is 110 Å². The number of nitrogens with one attached hydrogen (secondary N) is 1. The van der Waals surface area contributed by atoms with Crippen molar-refractivity contribution in [1.82, 2.24) is 5.32 Å². The van der Waals surface area contributed by atoms with Crippen LogP contribution in [-0.2, 0) is 23.9 Å². The average Bonchev–Trinajstić information content (AvgIpc) is 2.81. The van der Waals surface area contributed by atoms with Crippen LogP contribution in [0.15, 0.2) is 0 Å². The fourth-order valence-corrected chi connectivity index (χ4v) is 4.28. The molecule has 0 aliphatic rings. The summed E-state index contributed by atoms with van der Waals surface area (Å²) in [5, 5.41) is 2.97. The zero-order chi connectivity index (χ0) is 26.0. The molecule has 0 unspecified atom stereocenters. The van der Waals surface area contributed by atoms with Crippen LogP contribution in [0, 0.1) is 0 Å². The molecular weight excluding hydrogens is 442 g/mol. The lowest BCUT2D eigenvalue weighted by Crippen LogP contribution is -2.26. The molecule has 0 bridgehead atoms. The molecule has 0 aliphatic heterocycles. The fraction of sp³-hybridized carbons (Fsp3) is 0.897. The summed E-state index contributed by atoms with van der Waals surface area (Å²) in [6.07, 6.45) is 23.9. The quantitative estimate of drug-likeness (QED) is 0.105. The van der Waals surface area contributed by atoms with Crippen LogP contribution in [0.4, 0.5) is 0 Å². The van der Waals surface area contributed by atoms with Crippen LogP contribution in [0.5, 0.6) is 0 Å². The van der Waals surface area contributed by atoms with Crippen molar-refractivity contribution >= 4 is 17.8 Å². The van der Waals surface area contributed by atoms with E-state index in [0.29, 0.717) is 19.3 Å². The number of carbonyl (C=O) groups is 3. The summed E-state index contributed by atoms with van der Waals surface area (Å²) < 4.78 is 10.1. The van der Waals surface area contributed by atoms with Crippen molar-refractivity contribution in [1.29, 1.82) is 0 Å². The highest BCUT2D eigenvalue weighted by Crippen LogP contribution is 2.14. The molecular formula is C29H55NO5. The Balaban J connectivity index is 3.42. The van der Waals surface area contributed by atoms with Gasteiger partial charge in [-0.3, -0.25) is 14.4 Å². The number of amides is 1. The Bertz CT molecular complexity index is 523. The van der Waals surface area contributed by atoms with Gasteiger partial charge in [0.1, 0.15) is 12.7 Å². The van der Waals surface area contributed by atoms with Gasteiger partial charge < -0.3 is 14.8 Å². The zero-order valence-electron chi connectivity index (χ0n) is 23.2. The second-order valence-electron chi connectivity index (χ2n) is 9.93. The van der Waals surface area contributed by atoms with E-state index in [-0.39, 0.29) is 12.5 Å². The van der Waals surface area contributed by atoms with Crippen molar-refractivity contribution in [2.75, 3.05) is 13.2 Å². The van der Waals surface area contributed by atoms with E-state index in [1.165, 1.54) is 110 Å². The van der Waals surface area contributed by atoms with Crippen LogP contribution in [-0.4, -0.2) is 37.1 Å². The van der Waals surface area contributed by atoms with E-state index in [9.17, 15) is 14.4 Å². The van der Waals surface area contributed by atoms with Gasteiger partial charge in [0.25, 0.3) is 0 Å². The molecule has 0 saturated carbocycles. The highest BCUT2D eigenvalue weighted by atomic mass is 16.6. The Morgan fingerprint density at radius 3 is 1.51 bits per heavy atom. The number of carbonyl (C=O) groups excluding carboxylic acids is 3. The fourth-order valence-electron chi connectivity index (χ4n) is 4.28. The molecule has 6 heteroatoms. The summed E-state index contributed by atoms with van der Waals surface area (Å²) >= 11 is 0. The molecule has 0 fully saturated rings. The van der Waals surface area contributed by atoms with Crippen LogP contribution < -0.4 is 5.32 Å². The van der Waals surface area contributed by atoms with E-state index in [1.54, 1.807) is 0 Å². The summed E-state index contributed by atoms with van der Waals surface area (Å²) in [7, 11) is 0. The molecule has 0 saturated heterocycles. The summed E-state index contributed by atoms with van der Waals surface area (Å²) in [4.78, 5) is 34.1. The van der Waals surface area contributed by atoms with Crippen molar-refractivity contribution in [3.63, 3.8) is 0 Å². The number of ether oxygens (including phenoxy) is 2. The topological polar surface area (TPSA) is 81.7 Å². The maximum absolute atomic E-state index is 12.0. The largest absolute Gasteiger partial charge is 0.462 e. The predicted molar refractivity (Wildman–Crippen MR) is 143 cm³/mol. The summed E-state index contributed by atoms with van der Waals surface area (Å²) in [5.41, 5.74) is 0. The number of hydrogen-bond acceptors (Lipinski definition) is 5. The lowest BCUT2D eigenvalue weighted by molar-refractivity contribution is -0.156. The van der Waals surface area contributed by atoms with Crippen LogP contribution in [0.3, 0.4) is 0 Å². The second-order valence-corrected chi connectivity index (χ2v) is 9.93. The van der Waals surface area contributed by atoms with Crippen molar-refractivity contribution in [2.24, 2.45) is 0 Å². The Morgan fingerprint density at radius 1 is 0.629 bits per heavy atom. The van der Waals surface area contributed by atoms with E-state index in [4.69, 9.17) is 9.47 Å². The molecule has 0 radical (unpaired) electrons. The minimum absolute atomic E-state index is 0.0237. The molecule has 0 rings (SSSR count). The smallest absolute Gasteiger partial charge is 0.303 e. The minimum atomic E-state index is -0.491. The molecule has 0 spiro atoms. The minimum Gasteiger partial charge on any atom is -0.462 e. The van der Waals surface area contributed by atoms with Gasteiger partial charge in [-0.25, -0.2) is 0 Å². The molecule has 1 atom stereocenters. The number of esters is 2. The normalized spacial score (nSPS) is 11.7. The third-order valence-corrected chi connectivity index (χ3v) is 6.34. The first-order valence-corrected chi connectivity index (χ1v) is 14.5. The van der Waals surface area contributed by atoms with E-state index in [0.717, 1.165) is 19.4 Å². The van der Waals surface area contributed by atoms with Gasteiger partial charge in [-0.2, -0.15) is 0 Å². The van der Waals surface area contributed by atoms with Crippen LogP contribution in [0.2, 0.25) is 0 Å². The first kappa shape index (κ1) is 33.4. The molecule has 0 aromatic carbocycles. The Labute approximate surface area is 215 Å². The number of unbranched alkanes of at least 4 members (excludes halogenated alkanes) is 16. The predicted octanol–water partition coefficient (Wildman–Crippen LogP) is 7.42. The Kier molecular flexibility index (Phi) is 24.3. The highest BCUT2D eigenvalue weighted by molar-refractivity contribution is 5.75. The second kappa shape index (κ2) is 25.5. The standard InChI is InChI=1S/C29H55NO5/c1-4-5-6-7-8-9-10-11-12-13-14-15-16-17-18-19-20-24-30-29(33)23-21-22-28(35-27(3)32)25-34-26(2)31/h28H,4-25H2,1-3H3,(H,30,33)/t28-/m0/s1. The van der Waals surface area contributed by atoms with E-state index < -0.39 is 18.0 Å². The zero-order valence-corrected chi connectivity index (χ0v) is 23.2. The van der Waals surface area contributed by atoms with Crippen LogP contribution in [0.1, 0.15) is 149 Å². The molecule has 0 aliphatic carbocycles. The monoisotopic (exact) mass is 497 g/mol. The summed E-state index contributed by atoms with van der Waals surface area (Å²) in [6.45, 7) is 5.68. The van der Waals surface area contributed by atoms with E-state index >= 15 is 0 Å². The van der Waals surface area contributed by atoms with Gasteiger partial charge in [-0.15, -0.1) is 0 Å². The third kappa shape index (κ3) is 26.9. The van der Waals surface area contributed by atoms with Gasteiger partial charge >= 0.3 is 11.9 Å². The lowest BCUT2D eigenvalue weighted by atomic mass is 10.0. The third-order valence-electron chi connectivity index (χ3n) is 6.34. The average molecular weight is 498 g/mol. The van der Waals surface area contributed by atoms with Crippen molar-refractivity contribution in [3.05, 3.63) is 0 Å². The Morgan fingerprint density at radius 2 is 1.09 bits per heavy atom. The molecule has 35 heavy (non-hydrogen) atoms. The van der Waals surface area contributed by atoms with Crippen LogP contribution >= 0.6 is 0 Å². The molecule has 1 amide bonds. The molecule has 206 valence electrons. The molecule has 0 aromatic rings. The number of rotatable bonds is 25. The van der Waals surface area contributed by atoms with Gasteiger partial charge in [0.05, 0.1) is 0 Å². The van der Waals surface area contributed by atoms with E-state index in [2.05, 4.69) is 12.2 Å². The van der Waals surface area contributed by atoms with Gasteiger partial charge in [0, 0.05) is 26.8 Å². The summed E-state index contributed by atoms with van der Waals surface area (Å²) in [5.74, 6) is -0.796. The maximum atomic E-state index is 12.0. The summed E-state index contributed by atoms with van der Waals surface area (Å²) in [6, 6.07) is 0. The van der Waals surface area contributed by atoms with Crippen LogP contribution in [0.25, 0.3) is 0 Å². The molecule has 6 nitrogen and oxygen atoms in total. The molecule has 0 aromatic heterocycles. The van der Waals surface area contributed by atoms with Gasteiger partial charge in [0.2, 0.25) is 5.91 Å². The molecule has 0 heterocycles. The van der Waals surface area contributed by atoms with Crippen molar-refractivity contribution in [2.45, 2.75) is 155 Å². The first-order chi connectivity index (χ1) is 17.0. The van der Waals surface area contributed by atoms with Gasteiger partial charge in [0.15, 0.2) is 0 Å². The Hall–Kier alpha value is -1.59. The van der Waals surface area contributed by atoms with Gasteiger partial charge in [-0.05, 0) is 19.3 Å². The van der Waals surface area contributed by atoms with E-state index in [1.807, 2.05) is 0 Å². The van der Waals surface area contributed by atoms with Crippen molar-refractivity contribution < 1.29 is 23.9 Å². The maximum Gasteiger partial charge on any atom is 0.303 e.